The molecule has 3 aromatic rings. The molecule has 0 amide bonds. The summed E-state index contributed by atoms with van der Waals surface area (Å²) in [5, 5.41) is 0.968. The second-order valence-corrected chi connectivity index (χ2v) is 6.57. The highest BCUT2D eigenvalue weighted by Gasteiger charge is 2.12. The molecular weight excluding hydrogens is 304 g/mol. The quantitative estimate of drug-likeness (QED) is 0.669. The van der Waals surface area contributed by atoms with Gasteiger partial charge in [0, 0.05) is 17.3 Å². The van der Waals surface area contributed by atoms with Crippen molar-refractivity contribution in [3.05, 3.63) is 57.2 Å². The van der Waals surface area contributed by atoms with Gasteiger partial charge in [0.15, 0.2) is 6.29 Å². The van der Waals surface area contributed by atoms with Gasteiger partial charge in [0.1, 0.15) is 5.82 Å². The van der Waals surface area contributed by atoms with Gasteiger partial charge < -0.3 is 4.90 Å². The molecule has 0 N–H and O–H groups in total. The molecule has 2 heterocycles. The number of pyridine rings is 1. The van der Waals surface area contributed by atoms with Crippen molar-refractivity contribution in [2.75, 3.05) is 11.9 Å². The molecule has 0 aliphatic carbocycles. The van der Waals surface area contributed by atoms with Crippen LogP contribution in [0.3, 0.4) is 0 Å². The number of aldehydes is 1. The third kappa shape index (κ3) is 2.91. The van der Waals surface area contributed by atoms with Gasteiger partial charge in [-0.15, -0.1) is 11.3 Å². The SMILES string of the molecule is CN(Cc1ccc(Cl)s1)c1nc2ccccc2cc1C=O. The van der Waals surface area contributed by atoms with Crippen molar-refractivity contribution in [1.82, 2.24) is 4.98 Å². The van der Waals surface area contributed by atoms with Crippen LogP contribution in [0, 0.1) is 0 Å². The summed E-state index contributed by atoms with van der Waals surface area (Å²) < 4.78 is 0.764. The Morgan fingerprint density at radius 3 is 2.81 bits per heavy atom. The Balaban J connectivity index is 1.99. The lowest BCUT2D eigenvalue weighted by molar-refractivity contribution is 0.112. The van der Waals surface area contributed by atoms with Gasteiger partial charge in [-0.1, -0.05) is 29.8 Å². The van der Waals surface area contributed by atoms with E-state index in [1.165, 1.54) is 11.3 Å². The number of aromatic nitrogens is 1. The van der Waals surface area contributed by atoms with E-state index in [0.717, 1.165) is 26.4 Å². The average molecular weight is 317 g/mol. The number of hydrogen-bond donors (Lipinski definition) is 0. The molecule has 0 aliphatic heterocycles. The third-order valence-electron chi connectivity index (χ3n) is 3.24. The van der Waals surface area contributed by atoms with Crippen molar-refractivity contribution in [2.45, 2.75) is 6.54 Å². The maximum absolute atomic E-state index is 11.3. The van der Waals surface area contributed by atoms with Gasteiger partial charge in [-0.3, -0.25) is 4.79 Å². The number of hydrogen-bond acceptors (Lipinski definition) is 4. The highest BCUT2D eigenvalue weighted by Crippen LogP contribution is 2.26. The number of thiophene rings is 1. The minimum atomic E-state index is 0.596. The number of fused-ring (bicyclic) bond motifs is 1. The van der Waals surface area contributed by atoms with Crippen LogP contribution in [0.2, 0.25) is 4.34 Å². The Kier molecular flexibility index (Phi) is 3.90. The summed E-state index contributed by atoms with van der Waals surface area (Å²) in [6, 6.07) is 13.5. The molecule has 0 atom stereocenters. The molecule has 5 heteroatoms. The van der Waals surface area contributed by atoms with Gasteiger partial charge in [-0.05, 0) is 24.3 Å². The summed E-state index contributed by atoms with van der Waals surface area (Å²) in [5.41, 5.74) is 1.48. The minimum absolute atomic E-state index is 0.596. The van der Waals surface area contributed by atoms with E-state index in [1.54, 1.807) is 0 Å². The fourth-order valence-corrected chi connectivity index (χ4v) is 3.40. The lowest BCUT2D eigenvalue weighted by Gasteiger charge is -2.19. The van der Waals surface area contributed by atoms with Gasteiger partial charge in [-0.2, -0.15) is 0 Å². The number of para-hydroxylation sites is 1. The molecule has 0 fully saturated rings. The fraction of sp³-hybridized carbons (Fsp3) is 0.125. The maximum Gasteiger partial charge on any atom is 0.153 e. The molecule has 1 aromatic carbocycles. The Morgan fingerprint density at radius 1 is 1.29 bits per heavy atom. The molecule has 0 unspecified atom stereocenters. The molecule has 0 spiro atoms. The summed E-state index contributed by atoms with van der Waals surface area (Å²) in [4.78, 5) is 19.1. The molecule has 0 saturated carbocycles. The van der Waals surface area contributed by atoms with E-state index in [4.69, 9.17) is 11.6 Å². The summed E-state index contributed by atoms with van der Waals surface area (Å²) in [7, 11) is 1.93. The number of carbonyl (C=O) groups excluding carboxylic acids is 1. The minimum Gasteiger partial charge on any atom is -0.354 e. The van der Waals surface area contributed by atoms with Gasteiger partial charge in [-0.25, -0.2) is 4.98 Å². The Hall–Kier alpha value is -1.91. The highest BCUT2D eigenvalue weighted by atomic mass is 35.5. The van der Waals surface area contributed by atoms with E-state index in [9.17, 15) is 4.79 Å². The Bertz CT molecular complexity index is 800. The second kappa shape index (κ2) is 5.84. The number of rotatable bonds is 4. The lowest BCUT2D eigenvalue weighted by atomic mass is 10.1. The third-order valence-corrected chi connectivity index (χ3v) is 4.46. The standard InChI is InChI=1S/C16H13ClN2OS/c1-19(9-13-6-7-15(17)21-13)16-12(10-20)8-11-4-2-3-5-14(11)18-16/h2-8,10H,9H2,1H3. The number of anilines is 1. The lowest BCUT2D eigenvalue weighted by Crippen LogP contribution is -2.18. The van der Waals surface area contributed by atoms with E-state index < -0.39 is 0 Å². The van der Waals surface area contributed by atoms with Crippen LogP contribution in [-0.2, 0) is 6.54 Å². The Morgan fingerprint density at radius 2 is 2.10 bits per heavy atom. The predicted molar refractivity (Wildman–Crippen MR) is 88.6 cm³/mol. The molecule has 3 nitrogen and oxygen atoms in total. The number of carbonyl (C=O) groups is 1. The van der Waals surface area contributed by atoms with Crippen LogP contribution in [-0.4, -0.2) is 18.3 Å². The zero-order valence-electron chi connectivity index (χ0n) is 11.4. The van der Waals surface area contributed by atoms with Crippen molar-refractivity contribution in [3.63, 3.8) is 0 Å². The first-order chi connectivity index (χ1) is 10.2. The molecule has 0 saturated heterocycles. The van der Waals surface area contributed by atoms with Crippen LogP contribution in [0.5, 0.6) is 0 Å². The largest absolute Gasteiger partial charge is 0.354 e. The predicted octanol–water partition coefficient (Wildman–Crippen LogP) is 4.40. The summed E-state index contributed by atoms with van der Waals surface area (Å²) in [6.07, 6.45) is 0.854. The molecule has 3 rings (SSSR count). The smallest absolute Gasteiger partial charge is 0.153 e. The van der Waals surface area contributed by atoms with E-state index in [0.29, 0.717) is 17.9 Å². The van der Waals surface area contributed by atoms with Crippen molar-refractivity contribution in [1.29, 1.82) is 0 Å². The number of nitrogens with zero attached hydrogens (tertiary/aromatic N) is 2. The average Bonchev–Trinajstić information content (AvgIpc) is 2.90. The summed E-state index contributed by atoms with van der Waals surface area (Å²) in [5.74, 6) is 0.688. The van der Waals surface area contributed by atoms with Crippen LogP contribution in [0.15, 0.2) is 42.5 Å². The molecule has 2 aromatic heterocycles. The normalized spacial score (nSPS) is 10.8. The highest BCUT2D eigenvalue weighted by molar-refractivity contribution is 7.16. The zero-order chi connectivity index (χ0) is 14.8. The summed E-state index contributed by atoms with van der Waals surface area (Å²) in [6.45, 7) is 0.670. The van der Waals surface area contributed by atoms with E-state index in [2.05, 4.69) is 4.98 Å². The number of halogens is 1. The molecule has 0 radical (unpaired) electrons. The van der Waals surface area contributed by atoms with Crippen LogP contribution in [0.4, 0.5) is 5.82 Å². The topological polar surface area (TPSA) is 33.2 Å². The summed E-state index contributed by atoms with van der Waals surface area (Å²) >= 11 is 7.49. The second-order valence-electron chi connectivity index (χ2n) is 4.77. The van der Waals surface area contributed by atoms with E-state index in [-0.39, 0.29) is 0 Å². The van der Waals surface area contributed by atoms with Crippen LogP contribution in [0.25, 0.3) is 10.9 Å². The fourth-order valence-electron chi connectivity index (χ4n) is 2.26. The van der Waals surface area contributed by atoms with Crippen molar-refractivity contribution < 1.29 is 4.79 Å². The van der Waals surface area contributed by atoms with Gasteiger partial charge in [0.05, 0.1) is 22.0 Å². The maximum atomic E-state index is 11.3. The Labute approximate surface area is 131 Å². The monoisotopic (exact) mass is 316 g/mol. The molecule has 0 bridgehead atoms. The number of benzene rings is 1. The molecule has 0 aliphatic rings. The van der Waals surface area contributed by atoms with E-state index in [1.807, 2.05) is 54.4 Å². The van der Waals surface area contributed by atoms with Crippen LogP contribution < -0.4 is 4.90 Å². The van der Waals surface area contributed by atoms with Gasteiger partial charge in [0.2, 0.25) is 0 Å². The van der Waals surface area contributed by atoms with Crippen molar-refractivity contribution >= 4 is 45.9 Å². The molecule has 106 valence electrons. The van der Waals surface area contributed by atoms with Gasteiger partial charge >= 0.3 is 0 Å². The van der Waals surface area contributed by atoms with Gasteiger partial charge in [0.25, 0.3) is 0 Å². The van der Waals surface area contributed by atoms with Crippen LogP contribution in [0.1, 0.15) is 15.2 Å². The van der Waals surface area contributed by atoms with Crippen LogP contribution >= 0.6 is 22.9 Å². The van der Waals surface area contributed by atoms with E-state index >= 15 is 0 Å². The molecule has 21 heavy (non-hydrogen) atoms. The zero-order valence-corrected chi connectivity index (χ0v) is 13.0. The van der Waals surface area contributed by atoms with Crippen molar-refractivity contribution in [3.8, 4) is 0 Å². The first kappa shape index (κ1) is 14.0. The first-order valence-electron chi connectivity index (χ1n) is 6.47. The molecular formula is C16H13ClN2OS. The first-order valence-corrected chi connectivity index (χ1v) is 7.67. The van der Waals surface area contributed by atoms with Crippen molar-refractivity contribution in [2.24, 2.45) is 0 Å².